The van der Waals surface area contributed by atoms with Crippen LogP contribution in [0.4, 0.5) is 0 Å². The largest absolute Gasteiger partial charge is 0.459 e. The number of esters is 1. The van der Waals surface area contributed by atoms with Gasteiger partial charge in [-0.25, -0.2) is 0 Å². The van der Waals surface area contributed by atoms with Crippen molar-refractivity contribution in [1.29, 1.82) is 0 Å². The van der Waals surface area contributed by atoms with Crippen LogP contribution in [0.2, 0.25) is 0 Å². The molecule has 0 heterocycles. The molecule has 1 atom stereocenters. The fourth-order valence-electron chi connectivity index (χ4n) is 3.23. The van der Waals surface area contributed by atoms with Gasteiger partial charge in [0.05, 0.1) is 5.92 Å². The summed E-state index contributed by atoms with van der Waals surface area (Å²) in [7, 11) is 0. The van der Waals surface area contributed by atoms with Gasteiger partial charge in [0.25, 0.3) is 0 Å². The molecule has 0 saturated heterocycles. The summed E-state index contributed by atoms with van der Waals surface area (Å²) in [5.74, 6) is -0.0707. The zero-order valence-corrected chi connectivity index (χ0v) is 19.6. The van der Waals surface area contributed by atoms with E-state index in [-0.39, 0.29) is 28.5 Å². The Bertz CT molecular complexity index is 471. The molecule has 0 rings (SSSR count). The Morgan fingerprint density at radius 1 is 0.852 bits per heavy atom. The average Bonchev–Trinajstić information content (AvgIpc) is 2.37. The van der Waals surface area contributed by atoms with Crippen molar-refractivity contribution in [1.82, 2.24) is 0 Å². The van der Waals surface area contributed by atoms with E-state index < -0.39 is 11.1 Å². The molecule has 27 heavy (non-hydrogen) atoms. The lowest BCUT2D eigenvalue weighted by Crippen LogP contribution is -2.40. The highest BCUT2D eigenvalue weighted by atomic mass is 16.6. The van der Waals surface area contributed by atoms with Gasteiger partial charge in [0.2, 0.25) is 0 Å². The lowest BCUT2D eigenvalue weighted by atomic mass is 9.79. The van der Waals surface area contributed by atoms with Crippen LogP contribution in [0.5, 0.6) is 0 Å². The Morgan fingerprint density at radius 3 is 1.78 bits per heavy atom. The predicted molar refractivity (Wildman–Crippen MR) is 114 cm³/mol. The average molecular weight is 384 g/mol. The predicted octanol–water partition coefficient (Wildman–Crippen LogP) is 5.66. The van der Waals surface area contributed by atoms with Gasteiger partial charge in [-0.3, -0.25) is 9.59 Å². The second-order valence-corrected chi connectivity index (χ2v) is 11.7. The lowest BCUT2D eigenvalue weighted by molar-refractivity contribution is -0.164. The van der Waals surface area contributed by atoms with Crippen molar-refractivity contribution in [3.63, 3.8) is 0 Å². The Morgan fingerprint density at radius 2 is 1.37 bits per heavy atom. The molecule has 0 aromatic rings. The van der Waals surface area contributed by atoms with Gasteiger partial charge in [0, 0.05) is 17.4 Å². The summed E-state index contributed by atoms with van der Waals surface area (Å²) in [5, 5.41) is 0. The van der Waals surface area contributed by atoms with Crippen molar-refractivity contribution < 1.29 is 14.3 Å². The normalized spacial score (nSPS) is 14.8. The number of unbranched alkanes of at least 4 members (excludes halogenated alkanes) is 1. The molecule has 2 N–H and O–H groups in total. The first kappa shape index (κ1) is 26.1. The van der Waals surface area contributed by atoms with Crippen LogP contribution in [0, 0.1) is 16.7 Å². The van der Waals surface area contributed by atoms with Crippen molar-refractivity contribution in [3.05, 3.63) is 0 Å². The zero-order chi connectivity index (χ0) is 21.7. The maximum atomic E-state index is 12.9. The number of hydrogen-bond donors (Lipinski definition) is 1. The van der Waals surface area contributed by atoms with Crippen LogP contribution in [0.1, 0.15) is 108 Å². The van der Waals surface area contributed by atoms with Crippen LogP contribution < -0.4 is 5.73 Å². The molecule has 0 aromatic heterocycles. The second-order valence-electron chi connectivity index (χ2n) is 11.7. The molecule has 1 unspecified atom stereocenters. The number of carbonyl (C=O) groups is 2. The first-order valence-electron chi connectivity index (χ1n) is 10.4. The van der Waals surface area contributed by atoms with E-state index in [0.29, 0.717) is 12.8 Å². The van der Waals surface area contributed by atoms with E-state index >= 15 is 0 Å². The Balaban J connectivity index is 4.72. The molecule has 0 bridgehead atoms. The molecule has 4 heteroatoms. The van der Waals surface area contributed by atoms with Crippen LogP contribution in [0.25, 0.3) is 0 Å². The van der Waals surface area contributed by atoms with E-state index in [0.717, 1.165) is 25.7 Å². The Labute approximate surface area is 168 Å². The van der Waals surface area contributed by atoms with E-state index in [4.69, 9.17) is 10.5 Å². The van der Waals surface area contributed by atoms with Crippen LogP contribution >= 0.6 is 0 Å². The van der Waals surface area contributed by atoms with Crippen molar-refractivity contribution in [2.75, 3.05) is 0 Å². The fourth-order valence-corrected chi connectivity index (χ4v) is 3.23. The molecule has 0 fully saturated rings. The quantitative estimate of drug-likeness (QED) is 0.390. The fraction of sp³-hybridized carbons (Fsp3) is 0.913. The molecule has 0 radical (unpaired) electrons. The van der Waals surface area contributed by atoms with Gasteiger partial charge in [-0.15, -0.1) is 0 Å². The summed E-state index contributed by atoms with van der Waals surface area (Å²) in [6.45, 7) is 20.1. The summed E-state index contributed by atoms with van der Waals surface area (Å²) in [4.78, 5) is 24.9. The monoisotopic (exact) mass is 383 g/mol. The van der Waals surface area contributed by atoms with E-state index in [1.54, 1.807) is 0 Å². The van der Waals surface area contributed by atoms with Crippen LogP contribution in [-0.2, 0) is 14.3 Å². The van der Waals surface area contributed by atoms with Gasteiger partial charge in [-0.05, 0) is 65.2 Å². The minimum absolute atomic E-state index is 0.0341. The first-order valence-corrected chi connectivity index (χ1v) is 10.4. The summed E-state index contributed by atoms with van der Waals surface area (Å²) < 4.78 is 5.89. The number of carbonyl (C=O) groups excluding carboxylic acids is 2. The van der Waals surface area contributed by atoms with Gasteiger partial charge in [-0.1, -0.05) is 41.5 Å². The van der Waals surface area contributed by atoms with Gasteiger partial charge in [0.15, 0.2) is 0 Å². The maximum absolute atomic E-state index is 12.9. The third-order valence-electron chi connectivity index (χ3n) is 4.61. The molecule has 0 saturated carbocycles. The number of Topliss-reactive ketones (excluding diaryl/α,β-unsaturated/α-hetero) is 1. The van der Waals surface area contributed by atoms with Gasteiger partial charge < -0.3 is 10.5 Å². The first-order chi connectivity index (χ1) is 11.8. The summed E-state index contributed by atoms with van der Waals surface area (Å²) in [6.07, 6.45) is 4.40. The topological polar surface area (TPSA) is 69.4 Å². The van der Waals surface area contributed by atoms with E-state index in [2.05, 4.69) is 20.8 Å². The van der Waals surface area contributed by atoms with Crippen LogP contribution in [0.15, 0.2) is 0 Å². The summed E-state index contributed by atoms with van der Waals surface area (Å²) >= 11 is 0. The second kappa shape index (κ2) is 9.54. The van der Waals surface area contributed by atoms with E-state index in [1.807, 2.05) is 48.5 Å². The lowest BCUT2D eigenvalue weighted by Gasteiger charge is -2.33. The highest BCUT2D eigenvalue weighted by Crippen LogP contribution is 2.32. The number of rotatable bonds is 10. The molecule has 0 aliphatic carbocycles. The molecular formula is C23H45NO3. The Kier molecular flexibility index (Phi) is 9.22. The third-order valence-corrected chi connectivity index (χ3v) is 4.61. The standard InChI is InChI=1S/C23H45NO3/c1-20(2,3)15-17(16-22(7,8)24)19(26)27-23(9,10)14-12-11-13-18(25)21(4,5)6/h17H,11-16,24H2,1-10H3. The van der Waals surface area contributed by atoms with Crippen molar-refractivity contribution in [3.8, 4) is 0 Å². The summed E-state index contributed by atoms with van der Waals surface area (Å²) in [5.41, 5.74) is 4.99. The zero-order valence-electron chi connectivity index (χ0n) is 19.6. The van der Waals surface area contributed by atoms with Crippen LogP contribution in [-0.4, -0.2) is 22.9 Å². The number of hydrogen-bond acceptors (Lipinski definition) is 4. The molecule has 0 spiro atoms. The number of ether oxygens (including phenoxy) is 1. The molecular weight excluding hydrogens is 338 g/mol. The highest BCUT2D eigenvalue weighted by Gasteiger charge is 2.33. The van der Waals surface area contributed by atoms with Crippen LogP contribution in [0.3, 0.4) is 0 Å². The Hall–Kier alpha value is -0.900. The third kappa shape index (κ3) is 13.0. The minimum Gasteiger partial charge on any atom is -0.459 e. The van der Waals surface area contributed by atoms with Gasteiger partial charge in [-0.2, -0.15) is 0 Å². The number of ketones is 1. The SMILES string of the molecule is CC(C)(C)CC(CC(C)(C)N)C(=O)OC(C)(C)CCCCC(=O)C(C)(C)C. The smallest absolute Gasteiger partial charge is 0.309 e. The molecule has 160 valence electrons. The van der Waals surface area contributed by atoms with Crippen molar-refractivity contribution >= 4 is 11.8 Å². The van der Waals surface area contributed by atoms with Crippen molar-refractivity contribution in [2.45, 2.75) is 119 Å². The minimum atomic E-state index is -0.531. The molecule has 4 nitrogen and oxygen atoms in total. The van der Waals surface area contributed by atoms with Gasteiger partial charge in [0.1, 0.15) is 11.4 Å². The summed E-state index contributed by atoms with van der Waals surface area (Å²) in [6, 6.07) is 0. The highest BCUT2D eigenvalue weighted by molar-refractivity contribution is 5.83. The molecule has 0 aliphatic rings. The molecule has 0 aliphatic heterocycles. The van der Waals surface area contributed by atoms with Gasteiger partial charge >= 0.3 is 5.97 Å². The molecule has 0 amide bonds. The van der Waals surface area contributed by atoms with Crippen molar-refractivity contribution in [2.24, 2.45) is 22.5 Å². The van der Waals surface area contributed by atoms with E-state index in [9.17, 15) is 9.59 Å². The van der Waals surface area contributed by atoms with E-state index in [1.165, 1.54) is 0 Å². The number of nitrogens with two attached hydrogens (primary N) is 1. The maximum Gasteiger partial charge on any atom is 0.309 e. The molecule has 0 aromatic carbocycles.